The van der Waals surface area contributed by atoms with Crippen molar-refractivity contribution in [1.29, 1.82) is 0 Å². The van der Waals surface area contributed by atoms with E-state index in [-0.39, 0.29) is 0 Å². The van der Waals surface area contributed by atoms with Crippen LogP contribution in [-0.2, 0) is 0 Å². The third kappa shape index (κ3) is 2.09. The minimum atomic E-state index is 0.389. The van der Waals surface area contributed by atoms with E-state index in [1.165, 1.54) is 5.56 Å². The first kappa shape index (κ1) is 9.16. The van der Waals surface area contributed by atoms with E-state index in [1.54, 1.807) is 12.1 Å². The molecule has 2 rings (SSSR count). The number of rotatable bonds is 2. The Morgan fingerprint density at radius 1 is 1.07 bits per heavy atom. The topological polar surface area (TPSA) is 25.2 Å². The summed E-state index contributed by atoms with van der Waals surface area (Å²) in [5, 5.41) is 3.49. The highest BCUT2D eigenvalue weighted by atomic mass is 35.5. The molecule has 14 heavy (non-hydrogen) atoms. The Balaban J connectivity index is 2.15. The van der Waals surface area contributed by atoms with Crippen molar-refractivity contribution in [2.24, 2.45) is 0 Å². The summed E-state index contributed by atoms with van der Waals surface area (Å²) < 4.78 is 5.17. The number of anilines is 2. The van der Waals surface area contributed by atoms with Crippen LogP contribution in [0.1, 0.15) is 5.56 Å². The molecular weight excluding hydrogens is 198 g/mol. The smallest absolute Gasteiger partial charge is 0.199 e. The van der Waals surface area contributed by atoms with Gasteiger partial charge < -0.3 is 9.73 Å². The Hall–Kier alpha value is -1.41. The van der Waals surface area contributed by atoms with Crippen molar-refractivity contribution < 1.29 is 4.42 Å². The quantitative estimate of drug-likeness (QED) is 0.806. The van der Waals surface area contributed by atoms with Crippen molar-refractivity contribution in [1.82, 2.24) is 0 Å². The van der Waals surface area contributed by atoms with E-state index in [2.05, 4.69) is 5.32 Å². The van der Waals surface area contributed by atoms with Gasteiger partial charge in [-0.25, -0.2) is 0 Å². The molecule has 0 aliphatic heterocycles. The van der Waals surface area contributed by atoms with Crippen molar-refractivity contribution in [2.45, 2.75) is 6.92 Å². The van der Waals surface area contributed by atoms with Crippen LogP contribution in [-0.4, -0.2) is 0 Å². The van der Waals surface area contributed by atoms with E-state index in [0.29, 0.717) is 11.1 Å². The molecule has 2 aromatic rings. The fourth-order valence-corrected chi connectivity index (χ4v) is 1.31. The first-order chi connectivity index (χ1) is 6.74. The summed E-state index contributed by atoms with van der Waals surface area (Å²) in [6.07, 6.45) is 0. The number of hydrogen-bond donors (Lipinski definition) is 1. The zero-order chi connectivity index (χ0) is 9.97. The lowest BCUT2D eigenvalue weighted by atomic mass is 10.2. The average molecular weight is 208 g/mol. The minimum Gasteiger partial charge on any atom is -0.429 e. The van der Waals surface area contributed by atoms with Crippen LogP contribution in [0.4, 0.5) is 11.6 Å². The Morgan fingerprint density at radius 3 is 2.36 bits per heavy atom. The van der Waals surface area contributed by atoms with E-state index < -0.39 is 0 Å². The van der Waals surface area contributed by atoms with Gasteiger partial charge in [-0.2, -0.15) is 0 Å². The average Bonchev–Trinajstić information content (AvgIpc) is 2.56. The maximum Gasteiger partial charge on any atom is 0.199 e. The van der Waals surface area contributed by atoms with Gasteiger partial charge in [0.2, 0.25) is 0 Å². The zero-order valence-corrected chi connectivity index (χ0v) is 8.51. The van der Waals surface area contributed by atoms with Crippen molar-refractivity contribution in [3.8, 4) is 0 Å². The van der Waals surface area contributed by atoms with Gasteiger partial charge in [0.05, 0.1) is 0 Å². The summed E-state index contributed by atoms with van der Waals surface area (Å²) in [4.78, 5) is 0. The number of halogens is 1. The molecule has 0 amide bonds. The van der Waals surface area contributed by atoms with Crippen LogP contribution in [0, 0.1) is 6.92 Å². The third-order valence-electron chi connectivity index (χ3n) is 1.89. The molecule has 0 aliphatic carbocycles. The minimum absolute atomic E-state index is 0.389. The fraction of sp³-hybridized carbons (Fsp3) is 0.0909. The van der Waals surface area contributed by atoms with Gasteiger partial charge in [0.15, 0.2) is 11.1 Å². The number of benzene rings is 1. The molecule has 0 bridgehead atoms. The second kappa shape index (κ2) is 3.76. The number of aryl methyl sites for hydroxylation is 1. The van der Waals surface area contributed by atoms with E-state index >= 15 is 0 Å². The Labute approximate surface area is 87.5 Å². The van der Waals surface area contributed by atoms with Gasteiger partial charge >= 0.3 is 0 Å². The molecule has 0 radical (unpaired) electrons. The normalized spacial score (nSPS) is 10.1. The molecule has 1 aromatic carbocycles. The zero-order valence-electron chi connectivity index (χ0n) is 7.75. The SMILES string of the molecule is Cc1ccc(Nc2ccc(Cl)o2)cc1. The van der Waals surface area contributed by atoms with Gasteiger partial charge in [0.1, 0.15) is 0 Å². The highest BCUT2D eigenvalue weighted by Gasteiger charge is 1.98. The third-order valence-corrected chi connectivity index (χ3v) is 2.10. The monoisotopic (exact) mass is 207 g/mol. The van der Waals surface area contributed by atoms with Crippen molar-refractivity contribution in [3.63, 3.8) is 0 Å². The summed E-state index contributed by atoms with van der Waals surface area (Å²) in [6, 6.07) is 11.6. The van der Waals surface area contributed by atoms with Gasteiger partial charge in [-0.1, -0.05) is 17.7 Å². The summed E-state index contributed by atoms with van der Waals surface area (Å²) in [5.41, 5.74) is 2.22. The molecule has 0 atom stereocenters. The molecule has 2 nitrogen and oxygen atoms in total. The van der Waals surface area contributed by atoms with Crippen molar-refractivity contribution in [3.05, 3.63) is 47.2 Å². The molecule has 0 fully saturated rings. The summed E-state index contributed by atoms with van der Waals surface area (Å²) in [7, 11) is 0. The van der Waals surface area contributed by atoms with E-state index in [0.717, 1.165) is 5.69 Å². The lowest BCUT2D eigenvalue weighted by molar-refractivity contribution is 0.587. The number of nitrogens with one attached hydrogen (secondary N) is 1. The second-order valence-electron chi connectivity index (χ2n) is 3.09. The summed E-state index contributed by atoms with van der Waals surface area (Å²) in [5.74, 6) is 0.652. The van der Waals surface area contributed by atoms with Crippen LogP contribution in [0.2, 0.25) is 5.22 Å². The van der Waals surface area contributed by atoms with Crippen LogP contribution < -0.4 is 5.32 Å². The van der Waals surface area contributed by atoms with Crippen LogP contribution >= 0.6 is 11.6 Å². The highest BCUT2D eigenvalue weighted by molar-refractivity contribution is 6.28. The fourth-order valence-electron chi connectivity index (χ4n) is 1.16. The lowest BCUT2D eigenvalue weighted by Crippen LogP contribution is -1.87. The molecule has 0 unspecified atom stereocenters. The molecule has 1 heterocycles. The first-order valence-electron chi connectivity index (χ1n) is 4.33. The van der Waals surface area contributed by atoms with Crippen LogP contribution in [0.15, 0.2) is 40.8 Å². The molecule has 1 aromatic heterocycles. The molecule has 1 N–H and O–H groups in total. The maximum atomic E-state index is 5.65. The molecule has 0 saturated carbocycles. The Bertz CT molecular complexity index is 419. The van der Waals surface area contributed by atoms with Crippen LogP contribution in [0.3, 0.4) is 0 Å². The molecule has 0 saturated heterocycles. The lowest BCUT2D eigenvalue weighted by Gasteiger charge is -2.02. The van der Waals surface area contributed by atoms with Crippen LogP contribution in [0.5, 0.6) is 0 Å². The van der Waals surface area contributed by atoms with Crippen molar-refractivity contribution >= 4 is 23.2 Å². The van der Waals surface area contributed by atoms with Gasteiger partial charge in [0, 0.05) is 11.8 Å². The Morgan fingerprint density at radius 2 is 1.79 bits per heavy atom. The summed E-state index contributed by atoms with van der Waals surface area (Å²) in [6.45, 7) is 2.05. The number of hydrogen-bond acceptors (Lipinski definition) is 2. The molecule has 0 spiro atoms. The van der Waals surface area contributed by atoms with E-state index in [1.807, 2.05) is 31.2 Å². The number of furan rings is 1. The van der Waals surface area contributed by atoms with Gasteiger partial charge in [0.25, 0.3) is 0 Å². The first-order valence-corrected chi connectivity index (χ1v) is 4.71. The predicted octanol–water partition coefficient (Wildman–Crippen LogP) is 3.99. The standard InChI is InChI=1S/C11H10ClNO/c1-8-2-4-9(5-3-8)13-11-7-6-10(12)14-11/h2-7,13H,1H3. The summed E-state index contributed by atoms with van der Waals surface area (Å²) >= 11 is 5.65. The predicted molar refractivity (Wildman–Crippen MR) is 58.2 cm³/mol. The molecule has 0 aliphatic rings. The van der Waals surface area contributed by atoms with Crippen molar-refractivity contribution in [2.75, 3.05) is 5.32 Å². The molecule has 3 heteroatoms. The second-order valence-corrected chi connectivity index (χ2v) is 3.47. The van der Waals surface area contributed by atoms with Gasteiger partial charge in [-0.05, 0) is 36.7 Å². The molecular formula is C11H10ClNO. The highest BCUT2D eigenvalue weighted by Crippen LogP contribution is 2.21. The van der Waals surface area contributed by atoms with Gasteiger partial charge in [-0.15, -0.1) is 0 Å². The van der Waals surface area contributed by atoms with Gasteiger partial charge in [-0.3, -0.25) is 0 Å². The van der Waals surface area contributed by atoms with Crippen LogP contribution in [0.25, 0.3) is 0 Å². The maximum absolute atomic E-state index is 5.65. The van der Waals surface area contributed by atoms with E-state index in [9.17, 15) is 0 Å². The molecule has 72 valence electrons. The van der Waals surface area contributed by atoms with E-state index in [4.69, 9.17) is 16.0 Å². The largest absolute Gasteiger partial charge is 0.429 e. The Kier molecular flexibility index (Phi) is 2.46.